The largest absolute Gasteiger partial charge is 0.435 e. The molecule has 2 aromatic rings. The third-order valence-electron chi connectivity index (χ3n) is 4.59. The third-order valence-corrected chi connectivity index (χ3v) is 4.91. The van der Waals surface area contributed by atoms with Crippen LogP contribution in [0.25, 0.3) is 0 Å². The number of alkyl halides is 3. The Bertz CT molecular complexity index is 840. The lowest BCUT2D eigenvalue weighted by Crippen LogP contribution is -2.52. The van der Waals surface area contributed by atoms with E-state index in [2.05, 4.69) is 20.3 Å². The molecule has 0 unspecified atom stereocenters. The van der Waals surface area contributed by atoms with Crippen molar-refractivity contribution in [3.8, 4) is 0 Å². The topological polar surface area (TPSA) is 48.7 Å². The van der Waals surface area contributed by atoms with E-state index >= 15 is 0 Å². The van der Waals surface area contributed by atoms with Gasteiger partial charge in [-0.1, -0.05) is 23.7 Å². The zero-order chi connectivity index (χ0) is 20.3. The number of halogens is 4. The second-order valence-corrected chi connectivity index (χ2v) is 6.91. The predicted octanol–water partition coefficient (Wildman–Crippen LogP) is 2.99. The number of hydrogen-bond acceptors (Lipinski definition) is 3. The summed E-state index contributed by atoms with van der Waals surface area (Å²) in [7, 11) is 3.10. The summed E-state index contributed by atoms with van der Waals surface area (Å²) in [5.74, 6) is 0.566. The molecule has 1 aliphatic rings. The number of aromatic nitrogens is 2. The average molecular weight is 415 g/mol. The van der Waals surface area contributed by atoms with Crippen molar-refractivity contribution in [2.45, 2.75) is 12.7 Å². The summed E-state index contributed by atoms with van der Waals surface area (Å²) in [6.07, 6.45) is -3.11. The van der Waals surface area contributed by atoms with Crippen molar-refractivity contribution in [1.82, 2.24) is 20.0 Å². The fourth-order valence-electron chi connectivity index (χ4n) is 3.28. The second kappa shape index (κ2) is 8.30. The molecule has 0 bridgehead atoms. The van der Waals surface area contributed by atoms with Crippen LogP contribution < -0.4 is 10.2 Å². The van der Waals surface area contributed by atoms with Gasteiger partial charge in [0.2, 0.25) is 0 Å². The third kappa shape index (κ3) is 4.52. The molecule has 1 aliphatic heterocycles. The minimum atomic E-state index is -4.48. The maximum atomic E-state index is 13.1. The van der Waals surface area contributed by atoms with Gasteiger partial charge >= 0.3 is 6.18 Å². The van der Waals surface area contributed by atoms with E-state index < -0.39 is 11.9 Å². The Morgan fingerprint density at radius 2 is 1.89 bits per heavy atom. The van der Waals surface area contributed by atoms with Gasteiger partial charge in [0.25, 0.3) is 0 Å². The van der Waals surface area contributed by atoms with Crippen LogP contribution in [0.4, 0.5) is 18.9 Å². The highest BCUT2D eigenvalue weighted by atomic mass is 35.5. The number of benzene rings is 1. The lowest BCUT2D eigenvalue weighted by Gasteiger charge is -2.38. The lowest BCUT2D eigenvalue weighted by molar-refractivity contribution is -0.142. The first kappa shape index (κ1) is 20.3. The molecule has 1 aromatic heterocycles. The molecule has 0 radical (unpaired) electrons. The van der Waals surface area contributed by atoms with Gasteiger partial charge in [-0.15, -0.1) is 0 Å². The molecule has 1 aromatic carbocycles. The second-order valence-electron chi connectivity index (χ2n) is 6.50. The highest BCUT2D eigenvalue weighted by Gasteiger charge is 2.37. The first-order valence-corrected chi connectivity index (χ1v) is 9.22. The normalized spacial score (nSPS) is 15.9. The first-order valence-electron chi connectivity index (χ1n) is 8.84. The smallest absolute Gasteiger partial charge is 0.367 e. The van der Waals surface area contributed by atoms with E-state index in [4.69, 9.17) is 11.6 Å². The number of rotatable bonds is 3. The number of para-hydroxylation sites is 1. The molecule has 0 saturated carbocycles. The van der Waals surface area contributed by atoms with Gasteiger partial charge in [-0.2, -0.15) is 18.3 Å². The van der Waals surface area contributed by atoms with E-state index in [1.54, 1.807) is 7.05 Å². The van der Waals surface area contributed by atoms with Crippen molar-refractivity contribution in [2.24, 2.45) is 12.0 Å². The van der Waals surface area contributed by atoms with Crippen LogP contribution in [0.1, 0.15) is 11.3 Å². The van der Waals surface area contributed by atoms with E-state index in [-0.39, 0.29) is 12.1 Å². The molecular weight excluding hydrogens is 393 g/mol. The van der Waals surface area contributed by atoms with Crippen molar-refractivity contribution in [3.05, 3.63) is 46.7 Å². The Morgan fingerprint density at radius 3 is 2.50 bits per heavy atom. The molecule has 0 atom stereocenters. The van der Waals surface area contributed by atoms with Crippen LogP contribution in [-0.4, -0.2) is 53.9 Å². The van der Waals surface area contributed by atoms with Crippen molar-refractivity contribution in [2.75, 3.05) is 38.1 Å². The minimum Gasteiger partial charge on any atom is -0.367 e. The fraction of sp³-hybridized carbons (Fsp3) is 0.444. The van der Waals surface area contributed by atoms with Gasteiger partial charge in [-0.05, 0) is 12.1 Å². The summed E-state index contributed by atoms with van der Waals surface area (Å²) in [6.45, 7) is 2.85. The highest BCUT2D eigenvalue weighted by Crippen LogP contribution is 2.30. The monoisotopic (exact) mass is 414 g/mol. The number of aliphatic imine (C=N–C) groups is 1. The standard InChI is InChI=1S/C18H22ClF3N6/c1-23-17(24-11-13-12-26(2)25-16(13)18(20,21)22)28-9-7-27(8-10-28)15-6-4-3-5-14(15)19/h3-6,12H,7-11H2,1-2H3,(H,23,24). The van der Waals surface area contributed by atoms with Gasteiger partial charge in [0.05, 0.1) is 10.7 Å². The maximum absolute atomic E-state index is 13.1. The van der Waals surface area contributed by atoms with Crippen molar-refractivity contribution >= 4 is 23.2 Å². The van der Waals surface area contributed by atoms with Gasteiger partial charge in [0.15, 0.2) is 11.7 Å². The van der Waals surface area contributed by atoms with E-state index in [0.717, 1.165) is 18.8 Å². The Labute approximate surface area is 166 Å². The summed E-state index contributed by atoms with van der Waals surface area (Å²) < 4.78 is 40.5. The zero-order valence-electron chi connectivity index (χ0n) is 15.7. The molecule has 0 spiro atoms. The Kier molecular flexibility index (Phi) is 6.02. The molecule has 3 rings (SSSR count). The first-order chi connectivity index (χ1) is 13.3. The number of guanidine groups is 1. The lowest BCUT2D eigenvalue weighted by atomic mass is 10.2. The number of piperazine rings is 1. The van der Waals surface area contributed by atoms with Gasteiger partial charge in [-0.25, -0.2) is 0 Å². The maximum Gasteiger partial charge on any atom is 0.435 e. The molecule has 28 heavy (non-hydrogen) atoms. The number of hydrogen-bond donors (Lipinski definition) is 1. The fourth-order valence-corrected chi connectivity index (χ4v) is 3.53. The van der Waals surface area contributed by atoms with Crippen molar-refractivity contribution in [3.63, 3.8) is 0 Å². The van der Waals surface area contributed by atoms with E-state index in [9.17, 15) is 13.2 Å². The van der Waals surface area contributed by atoms with Gasteiger partial charge in [0.1, 0.15) is 0 Å². The molecule has 1 fully saturated rings. The Balaban J connectivity index is 1.61. The molecule has 6 nitrogen and oxygen atoms in total. The molecule has 1 N–H and O–H groups in total. The molecule has 10 heteroatoms. The molecule has 1 saturated heterocycles. The van der Waals surface area contributed by atoms with Crippen LogP contribution in [0.2, 0.25) is 5.02 Å². The van der Waals surface area contributed by atoms with Crippen LogP contribution in [0.5, 0.6) is 0 Å². The van der Waals surface area contributed by atoms with E-state index in [1.807, 2.05) is 29.2 Å². The van der Waals surface area contributed by atoms with Crippen molar-refractivity contribution < 1.29 is 13.2 Å². The molecule has 0 aliphatic carbocycles. The molecule has 152 valence electrons. The summed E-state index contributed by atoms with van der Waals surface area (Å²) in [6, 6.07) is 7.67. The van der Waals surface area contributed by atoms with Gasteiger partial charge in [-0.3, -0.25) is 9.67 Å². The van der Waals surface area contributed by atoms with Crippen LogP contribution in [0.15, 0.2) is 35.5 Å². The Hall–Kier alpha value is -2.42. The zero-order valence-corrected chi connectivity index (χ0v) is 16.4. The summed E-state index contributed by atoms with van der Waals surface area (Å²) in [4.78, 5) is 8.43. The summed E-state index contributed by atoms with van der Waals surface area (Å²) in [5, 5.41) is 7.26. The number of anilines is 1. The number of nitrogens with one attached hydrogen (secondary N) is 1. The Morgan fingerprint density at radius 1 is 1.21 bits per heavy atom. The highest BCUT2D eigenvalue weighted by molar-refractivity contribution is 6.33. The summed E-state index contributed by atoms with van der Waals surface area (Å²) >= 11 is 6.26. The van der Waals surface area contributed by atoms with Crippen molar-refractivity contribution in [1.29, 1.82) is 0 Å². The van der Waals surface area contributed by atoms with E-state index in [0.29, 0.717) is 24.1 Å². The number of aryl methyl sites for hydroxylation is 1. The van der Waals surface area contributed by atoms with Crippen LogP contribution >= 0.6 is 11.6 Å². The summed E-state index contributed by atoms with van der Waals surface area (Å²) in [5.41, 5.74) is 0.198. The minimum absolute atomic E-state index is 0.0000837. The number of nitrogens with zero attached hydrogens (tertiary/aromatic N) is 5. The van der Waals surface area contributed by atoms with Crippen LogP contribution in [0.3, 0.4) is 0 Å². The predicted molar refractivity (Wildman–Crippen MR) is 104 cm³/mol. The quantitative estimate of drug-likeness (QED) is 0.619. The van der Waals surface area contributed by atoms with Gasteiger partial charge in [0, 0.05) is 58.6 Å². The average Bonchev–Trinajstić information content (AvgIpc) is 3.04. The van der Waals surface area contributed by atoms with Gasteiger partial charge < -0.3 is 15.1 Å². The molecule has 0 amide bonds. The van der Waals surface area contributed by atoms with Crippen LogP contribution in [-0.2, 0) is 19.8 Å². The van der Waals surface area contributed by atoms with Crippen LogP contribution in [0, 0.1) is 0 Å². The van der Waals surface area contributed by atoms with E-state index in [1.165, 1.54) is 17.9 Å². The molecular formula is C18H22ClF3N6. The molecule has 2 heterocycles. The SMILES string of the molecule is CN=C(NCc1cn(C)nc1C(F)(F)F)N1CCN(c2ccccc2Cl)CC1.